The fourth-order valence-electron chi connectivity index (χ4n) is 4.56. The van der Waals surface area contributed by atoms with Crippen molar-refractivity contribution in [1.82, 2.24) is 23.6 Å². The number of aromatic nitrogens is 3. The average molecular weight is 474 g/mol. The van der Waals surface area contributed by atoms with Crippen LogP contribution in [0, 0.1) is 4.77 Å². The van der Waals surface area contributed by atoms with Crippen molar-refractivity contribution in [3.05, 3.63) is 52.5 Å². The maximum Gasteiger partial charge on any atom is 0.243 e. The van der Waals surface area contributed by atoms with E-state index in [0.29, 0.717) is 60.6 Å². The zero-order valence-electron chi connectivity index (χ0n) is 18.1. The highest BCUT2D eigenvalue weighted by molar-refractivity contribution is 7.89. The fourth-order valence-corrected chi connectivity index (χ4v) is 6.35. The molecule has 0 radical (unpaired) electrons. The van der Waals surface area contributed by atoms with Crippen molar-refractivity contribution in [2.75, 3.05) is 26.2 Å². The summed E-state index contributed by atoms with van der Waals surface area (Å²) in [5.41, 5.74) is 2.46. The molecule has 1 aromatic carbocycles. The molecule has 5 rings (SSSR count). The van der Waals surface area contributed by atoms with Crippen LogP contribution in [0.25, 0.3) is 11.6 Å². The molecule has 3 heterocycles. The number of furan rings is 1. The van der Waals surface area contributed by atoms with Crippen LogP contribution in [0.15, 0.2) is 45.9 Å². The monoisotopic (exact) mass is 473 g/mol. The average Bonchev–Trinajstić information content (AvgIpc) is 3.54. The first-order chi connectivity index (χ1) is 15.5. The summed E-state index contributed by atoms with van der Waals surface area (Å²) >= 11 is 5.63. The third kappa shape index (κ3) is 3.85. The second-order valence-corrected chi connectivity index (χ2v) is 10.6. The predicted molar refractivity (Wildman–Crippen MR) is 123 cm³/mol. The number of fused-ring (bicyclic) bond motifs is 1. The molecule has 1 aliphatic carbocycles. The van der Waals surface area contributed by atoms with Crippen molar-refractivity contribution in [3.8, 4) is 11.6 Å². The molecule has 1 aliphatic heterocycles. The van der Waals surface area contributed by atoms with Gasteiger partial charge < -0.3 is 4.42 Å². The fraction of sp³-hybridized carbons (Fsp3) is 0.455. The van der Waals surface area contributed by atoms with E-state index < -0.39 is 10.0 Å². The summed E-state index contributed by atoms with van der Waals surface area (Å²) in [6.07, 6.45) is 4.75. The highest BCUT2D eigenvalue weighted by Crippen LogP contribution is 2.27. The number of hydrogen-bond acceptors (Lipinski definition) is 6. The van der Waals surface area contributed by atoms with E-state index >= 15 is 0 Å². The van der Waals surface area contributed by atoms with Gasteiger partial charge in [-0.25, -0.2) is 13.1 Å². The quantitative estimate of drug-likeness (QED) is 0.512. The third-order valence-electron chi connectivity index (χ3n) is 6.35. The normalized spacial score (nSPS) is 17.7. The van der Waals surface area contributed by atoms with Crippen LogP contribution in [0.4, 0.5) is 0 Å². The molecule has 2 aliphatic rings. The first-order valence-corrected chi connectivity index (χ1v) is 12.9. The predicted octanol–water partition coefficient (Wildman–Crippen LogP) is 3.15. The zero-order valence-corrected chi connectivity index (χ0v) is 19.7. The summed E-state index contributed by atoms with van der Waals surface area (Å²) in [5.74, 6) is 1.39. The number of hydrogen-bond donors (Lipinski definition) is 0. The van der Waals surface area contributed by atoms with Crippen molar-refractivity contribution in [2.24, 2.45) is 0 Å². The number of nitrogens with zero attached hydrogens (tertiary/aromatic N) is 5. The SMILES string of the molecule is CCn1c(-c2ccco2)nn(CN2CCN(S(=O)(=O)c3ccc4c(c3)CCC4)CC2)c1=S. The summed E-state index contributed by atoms with van der Waals surface area (Å²) in [7, 11) is -3.48. The molecule has 0 N–H and O–H groups in total. The highest BCUT2D eigenvalue weighted by Gasteiger charge is 2.30. The number of benzene rings is 1. The minimum absolute atomic E-state index is 0.415. The van der Waals surface area contributed by atoms with Crippen molar-refractivity contribution in [1.29, 1.82) is 0 Å². The topological polar surface area (TPSA) is 76.5 Å². The van der Waals surface area contributed by atoms with E-state index in [0.717, 1.165) is 19.3 Å². The molecule has 10 heteroatoms. The largest absolute Gasteiger partial charge is 0.461 e. The Morgan fingerprint density at radius 2 is 1.88 bits per heavy atom. The Morgan fingerprint density at radius 1 is 1.09 bits per heavy atom. The first-order valence-electron chi connectivity index (χ1n) is 11.0. The lowest BCUT2D eigenvalue weighted by atomic mass is 10.1. The molecule has 1 fully saturated rings. The second-order valence-electron chi connectivity index (χ2n) is 8.27. The Bertz CT molecular complexity index is 1270. The van der Waals surface area contributed by atoms with E-state index in [4.69, 9.17) is 16.6 Å². The van der Waals surface area contributed by atoms with Crippen molar-refractivity contribution >= 4 is 22.2 Å². The molecular formula is C22H27N5O3S2. The lowest BCUT2D eigenvalue weighted by Crippen LogP contribution is -2.49. The van der Waals surface area contributed by atoms with Gasteiger partial charge in [-0.3, -0.25) is 9.47 Å². The van der Waals surface area contributed by atoms with Crippen molar-refractivity contribution < 1.29 is 12.8 Å². The number of rotatable bonds is 6. The van der Waals surface area contributed by atoms with Gasteiger partial charge >= 0.3 is 0 Å². The van der Waals surface area contributed by atoms with Gasteiger partial charge in [0.1, 0.15) is 0 Å². The van der Waals surface area contributed by atoms with E-state index in [9.17, 15) is 8.42 Å². The van der Waals surface area contributed by atoms with Crippen LogP contribution < -0.4 is 0 Å². The van der Waals surface area contributed by atoms with Gasteiger partial charge in [-0.2, -0.15) is 4.31 Å². The Kier molecular flexibility index (Phi) is 5.79. The lowest BCUT2D eigenvalue weighted by molar-refractivity contribution is 0.144. The molecular weight excluding hydrogens is 446 g/mol. The summed E-state index contributed by atoms with van der Waals surface area (Å²) in [6.45, 7) is 5.39. The van der Waals surface area contributed by atoms with Gasteiger partial charge in [0, 0.05) is 32.7 Å². The van der Waals surface area contributed by atoms with E-state index in [1.807, 2.05) is 35.8 Å². The molecule has 170 valence electrons. The lowest BCUT2D eigenvalue weighted by Gasteiger charge is -2.33. The number of sulfonamides is 1. The number of piperazine rings is 1. The molecule has 1 saturated heterocycles. The third-order valence-corrected chi connectivity index (χ3v) is 8.68. The van der Waals surface area contributed by atoms with E-state index in [1.54, 1.807) is 21.3 Å². The zero-order chi connectivity index (χ0) is 22.3. The molecule has 0 amide bonds. The van der Waals surface area contributed by atoms with Gasteiger partial charge in [0.15, 0.2) is 16.4 Å². The molecule has 0 bridgehead atoms. The van der Waals surface area contributed by atoms with Crippen LogP contribution >= 0.6 is 12.2 Å². The van der Waals surface area contributed by atoms with Gasteiger partial charge in [0.25, 0.3) is 0 Å². The Labute approximate surface area is 193 Å². The molecule has 0 atom stereocenters. The Hall–Kier alpha value is -2.27. The van der Waals surface area contributed by atoms with Gasteiger partial charge in [-0.15, -0.1) is 5.10 Å². The molecule has 3 aromatic rings. The molecule has 2 aromatic heterocycles. The van der Waals surface area contributed by atoms with Crippen molar-refractivity contribution in [3.63, 3.8) is 0 Å². The van der Waals surface area contributed by atoms with Gasteiger partial charge in [0.05, 0.1) is 17.8 Å². The summed E-state index contributed by atoms with van der Waals surface area (Å²) < 4.78 is 37.8. The number of aryl methyl sites for hydroxylation is 2. The van der Waals surface area contributed by atoms with Crippen molar-refractivity contribution in [2.45, 2.75) is 44.3 Å². The van der Waals surface area contributed by atoms with Gasteiger partial charge in [-0.1, -0.05) is 6.07 Å². The van der Waals surface area contributed by atoms with Crippen LogP contribution in [0.5, 0.6) is 0 Å². The summed E-state index contributed by atoms with van der Waals surface area (Å²) in [4.78, 5) is 2.60. The smallest absolute Gasteiger partial charge is 0.243 e. The minimum Gasteiger partial charge on any atom is -0.461 e. The standard InChI is InChI=1S/C22H27N5O3S2/c1-2-26-21(20-7-4-14-30-20)23-27(22(26)31)16-24-10-12-25(13-11-24)32(28,29)19-9-8-17-5-3-6-18(17)15-19/h4,7-9,14-15H,2-3,5-6,10-13,16H2,1H3. The summed E-state index contributed by atoms with van der Waals surface area (Å²) in [6, 6.07) is 9.32. The summed E-state index contributed by atoms with van der Waals surface area (Å²) in [5, 5.41) is 4.67. The first kappa shape index (κ1) is 21.6. The van der Waals surface area contributed by atoms with E-state index in [1.165, 1.54) is 11.1 Å². The Morgan fingerprint density at radius 3 is 2.59 bits per heavy atom. The van der Waals surface area contributed by atoms with Crippen LogP contribution in [-0.4, -0.2) is 58.1 Å². The van der Waals surface area contributed by atoms with Crippen LogP contribution in [0.3, 0.4) is 0 Å². The van der Waals surface area contributed by atoms with Crippen LogP contribution in [-0.2, 0) is 36.1 Å². The van der Waals surface area contributed by atoms with E-state index in [-0.39, 0.29) is 0 Å². The van der Waals surface area contributed by atoms with Crippen LogP contribution in [0.1, 0.15) is 24.5 Å². The molecule has 0 unspecified atom stereocenters. The molecule has 32 heavy (non-hydrogen) atoms. The maximum atomic E-state index is 13.2. The second kappa shape index (κ2) is 8.58. The van der Waals surface area contributed by atoms with E-state index in [2.05, 4.69) is 10.00 Å². The highest BCUT2D eigenvalue weighted by atomic mass is 32.2. The van der Waals surface area contributed by atoms with Gasteiger partial charge in [-0.05, 0) is 73.8 Å². The van der Waals surface area contributed by atoms with Gasteiger partial charge in [0.2, 0.25) is 10.0 Å². The maximum absolute atomic E-state index is 13.2. The molecule has 8 nitrogen and oxygen atoms in total. The molecule has 0 saturated carbocycles. The molecule has 0 spiro atoms. The Balaban J connectivity index is 1.28. The van der Waals surface area contributed by atoms with Crippen LogP contribution in [0.2, 0.25) is 0 Å². The minimum atomic E-state index is -3.48.